The van der Waals surface area contributed by atoms with E-state index in [1.807, 2.05) is 61.5 Å². The number of carbonyl (C=O) groups is 1. The van der Waals surface area contributed by atoms with Crippen LogP contribution in [-0.4, -0.2) is 12.4 Å². The first-order valence-electron chi connectivity index (χ1n) is 9.18. The lowest BCUT2D eigenvalue weighted by Crippen LogP contribution is -2.01. The van der Waals surface area contributed by atoms with E-state index in [4.69, 9.17) is 21.1 Å². The molecule has 0 aromatic heterocycles. The van der Waals surface area contributed by atoms with Crippen LogP contribution < -0.4 is 9.47 Å². The van der Waals surface area contributed by atoms with Gasteiger partial charge in [-0.3, -0.25) is 4.79 Å². The van der Waals surface area contributed by atoms with Crippen LogP contribution in [0.1, 0.15) is 28.4 Å². The number of rotatable bonds is 8. The zero-order valence-corrected chi connectivity index (χ0v) is 18.2. The number of benzene rings is 3. The predicted molar refractivity (Wildman–Crippen MR) is 121 cm³/mol. The molecule has 148 valence electrons. The third-order valence-electron chi connectivity index (χ3n) is 4.11. The van der Waals surface area contributed by atoms with Crippen LogP contribution in [0.4, 0.5) is 0 Å². The normalized spacial score (nSPS) is 10.9. The van der Waals surface area contributed by atoms with Crippen molar-refractivity contribution in [3.05, 3.63) is 99.0 Å². The lowest BCUT2D eigenvalue weighted by atomic mass is 10.1. The summed E-state index contributed by atoms with van der Waals surface area (Å²) in [6, 6.07) is 20.4. The number of hydrogen-bond acceptors (Lipinski definition) is 3. The largest absolute Gasteiger partial charge is 0.490 e. The fourth-order valence-electron chi connectivity index (χ4n) is 2.69. The average molecular weight is 472 g/mol. The summed E-state index contributed by atoms with van der Waals surface area (Å²) in [4.78, 5) is 12.3. The lowest BCUT2D eigenvalue weighted by molar-refractivity contribution is 0.104. The first-order chi connectivity index (χ1) is 14.1. The van der Waals surface area contributed by atoms with Crippen molar-refractivity contribution in [3.63, 3.8) is 0 Å². The lowest BCUT2D eigenvalue weighted by Gasteiger charge is -2.15. The van der Waals surface area contributed by atoms with Crippen molar-refractivity contribution in [1.82, 2.24) is 0 Å². The second-order valence-corrected chi connectivity index (χ2v) is 7.53. The van der Waals surface area contributed by atoms with Crippen LogP contribution in [0.5, 0.6) is 11.5 Å². The fourth-order valence-corrected chi connectivity index (χ4v) is 3.39. The maximum absolute atomic E-state index is 12.3. The molecule has 0 aliphatic heterocycles. The molecule has 3 nitrogen and oxygen atoms in total. The van der Waals surface area contributed by atoms with Crippen LogP contribution in [0.25, 0.3) is 6.08 Å². The molecule has 5 heteroatoms. The summed E-state index contributed by atoms with van der Waals surface area (Å²) in [7, 11) is 0. The summed E-state index contributed by atoms with van der Waals surface area (Å²) >= 11 is 9.49. The van der Waals surface area contributed by atoms with Crippen LogP contribution in [0.2, 0.25) is 5.02 Å². The maximum Gasteiger partial charge on any atom is 0.185 e. The standard InChI is InChI=1S/C24H20BrClO3/c1-2-28-23-15-18(10-13-22(27)19-6-4-3-5-7-19)14-21(25)24(23)29-16-17-8-11-20(26)12-9-17/h3-15H,2,16H2,1H3/b13-10+. The summed E-state index contributed by atoms with van der Waals surface area (Å²) in [5.74, 6) is 1.18. The molecule has 0 atom stereocenters. The van der Waals surface area contributed by atoms with Gasteiger partial charge in [0.25, 0.3) is 0 Å². The van der Waals surface area contributed by atoms with Gasteiger partial charge in [-0.15, -0.1) is 0 Å². The van der Waals surface area contributed by atoms with Gasteiger partial charge in [0.05, 0.1) is 11.1 Å². The highest BCUT2D eigenvalue weighted by Gasteiger charge is 2.12. The molecule has 29 heavy (non-hydrogen) atoms. The fraction of sp³-hybridized carbons (Fsp3) is 0.125. The summed E-state index contributed by atoms with van der Waals surface area (Å²) in [5, 5.41) is 0.686. The third kappa shape index (κ3) is 5.96. The Bertz CT molecular complexity index is 999. The molecule has 0 saturated heterocycles. The molecule has 0 amide bonds. The zero-order valence-electron chi connectivity index (χ0n) is 15.9. The first-order valence-corrected chi connectivity index (χ1v) is 10.3. The van der Waals surface area contributed by atoms with Gasteiger partial charge in [-0.25, -0.2) is 0 Å². The summed E-state index contributed by atoms with van der Waals surface area (Å²) in [5.41, 5.74) is 2.49. The minimum absolute atomic E-state index is 0.0530. The van der Waals surface area contributed by atoms with Gasteiger partial charge in [0.15, 0.2) is 17.3 Å². The molecule has 0 aliphatic carbocycles. The van der Waals surface area contributed by atoms with E-state index in [1.165, 1.54) is 0 Å². The molecule has 0 fully saturated rings. The molecular weight excluding hydrogens is 452 g/mol. The van der Waals surface area contributed by atoms with E-state index in [0.29, 0.717) is 35.3 Å². The molecule has 0 radical (unpaired) electrons. The molecular formula is C24H20BrClO3. The topological polar surface area (TPSA) is 35.5 Å². The molecule has 0 N–H and O–H groups in total. The van der Waals surface area contributed by atoms with Crippen LogP contribution in [-0.2, 0) is 6.61 Å². The van der Waals surface area contributed by atoms with Gasteiger partial charge in [0.1, 0.15) is 6.61 Å². The van der Waals surface area contributed by atoms with E-state index in [2.05, 4.69) is 15.9 Å². The Morgan fingerprint density at radius 1 is 1.03 bits per heavy atom. The first kappa shape index (κ1) is 21.2. The van der Waals surface area contributed by atoms with Crippen molar-refractivity contribution in [1.29, 1.82) is 0 Å². The molecule has 0 heterocycles. The Morgan fingerprint density at radius 2 is 1.76 bits per heavy atom. The molecule has 0 unspecified atom stereocenters. The Hall–Kier alpha value is -2.56. The van der Waals surface area contributed by atoms with Crippen molar-refractivity contribution in [2.75, 3.05) is 6.61 Å². The van der Waals surface area contributed by atoms with Gasteiger partial charge in [-0.1, -0.05) is 60.1 Å². The Morgan fingerprint density at radius 3 is 2.45 bits per heavy atom. The zero-order chi connectivity index (χ0) is 20.6. The van der Waals surface area contributed by atoms with Crippen molar-refractivity contribution in [2.45, 2.75) is 13.5 Å². The van der Waals surface area contributed by atoms with E-state index in [-0.39, 0.29) is 5.78 Å². The number of allylic oxidation sites excluding steroid dienone is 1. The van der Waals surface area contributed by atoms with Gasteiger partial charge in [-0.05, 0) is 64.3 Å². The highest BCUT2D eigenvalue weighted by atomic mass is 79.9. The van der Waals surface area contributed by atoms with Crippen LogP contribution >= 0.6 is 27.5 Å². The Balaban J connectivity index is 1.79. The second kappa shape index (κ2) is 10.3. The van der Waals surface area contributed by atoms with Crippen molar-refractivity contribution in [2.24, 2.45) is 0 Å². The molecule has 0 saturated carbocycles. The monoisotopic (exact) mass is 470 g/mol. The predicted octanol–water partition coefficient (Wildman–Crippen LogP) is 6.98. The van der Waals surface area contributed by atoms with Crippen LogP contribution in [0, 0.1) is 0 Å². The Kier molecular flexibility index (Phi) is 7.50. The highest BCUT2D eigenvalue weighted by molar-refractivity contribution is 9.10. The molecule has 3 aromatic rings. The smallest absolute Gasteiger partial charge is 0.185 e. The highest BCUT2D eigenvalue weighted by Crippen LogP contribution is 2.38. The number of halogens is 2. The SMILES string of the molecule is CCOc1cc(/C=C/C(=O)c2ccccc2)cc(Br)c1OCc1ccc(Cl)cc1. The quantitative estimate of drug-likeness (QED) is 0.263. The minimum atomic E-state index is -0.0530. The third-order valence-corrected chi connectivity index (χ3v) is 4.95. The van der Waals surface area contributed by atoms with Crippen molar-refractivity contribution in [3.8, 4) is 11.5 Å². The van der Waals surface area contributed by atoms with E-state index in [0.717, 1.165) is 15.6 Å². The summed E-state index contributed by atoms with van der Waals surface area (Å²) in [6.45, 7) is 2.80. The molecule has 0 aliphatic rings. The Labute approximate surface area is 184 Å². The van der Waals surface area contributed by atoms with Gasteiger partial charge >= 0.3 is 0 Å². The second-order valence-electron chi connectivity index (χ2n) is 6.24. The minimum Gasteiger partial charge on any atom is -0.490 e. The van der Waals surface area contributed by atoms with Crippen LogP contribution in [0.15, 0.2) is 77.3 Å². The van der Waals surface area contributed by atoms with Gasteiger partial charge in [0, 0.05) is 10.6 Å². The van der Waals surface area contributed by atoms with Gasteiger partial charge in [-0.2, -0.15) is 0 Å². The number of carbonyl (C=O) groups excluding carboxylic acids is 1. The van der Waals surface area contributed by atoms with E-state index >= 15 is 0 Å². The summed E-state index contributed by atoms with van der Waals surface area (Å²) in [6.07, 6.45) is 3.33. The van der Waals surface area contributed by atoms with Crippen LogP contribution in [0.3, 0.4) is 0 Å². The molecule has 0 bridgehead atoms. The maximum atomic E-state index is 12.3. The molecule has 3 aromatic carbocycles. The number of hydrogen-bond donors (Lipinski definition) is 0. The van der Waals surface area contributed by atoms with E-state index in [9.17, 15) is 4.79 Å². The summed E-state index contributed by atoms with van der Waals surface area (Å²) < 4.78 is 12.5. The van der Waals surface area contributed by atoms with Gasteiger partial charge < -0.3 is 9.47 Å². The average Bonchev–Trinajstić information content (AvgIpc) is 2.73. The van der Waals surface area contributed by atoms with E-state index < -0.39 is 0 Å². The van der Waals surface area contributed by atoms with E-state index in [1.54, 1.807) is 24.3 Å². The van der Waals surface area contributed by atoms with Crippen molar-refractivity contribution < 1.29 is 14.3 Å². The molecule has 0 spiro atoms. The molecule has 3 rings (SSSR count). The number of ether oxygens (including phenoxy) is 2. The van der Waals surface area contributed by atoms with Gasteiger partial charge in [0.2, 0.25) is 0 Å². The number of ketones is 1. The van der Waals surface area contributed by atoms with Crippen molar-refractivity contribution >= 4 is 39.4 Å².